The molecular weight excluding hydrogens is 757 g/mol. The van der Waals surface area contributed by atoms with E-state index in [1.165, 1.54) is 78.8 Å². The van der Waals surface area contributed by atoms with E-state index < -0.39 is 0 Å². The van der Waals surface area contributed by atoms with E-state index in [2.05, 4.69) is 192 Å². The molecule has 61 heavy (non-hydrogen) atoms. The Morgan fingerprint density at radius 3 is 1.74 bits per heavy atom. The molecule has 4 unspecified atom stereocenters. The van der Waals surface area contributed by atoms with Crippen molar-refractivity contribution in [1.82, 2.24) is 9.80 Å². The van der Waals surface area contributed by atoms with Crippen LogP contribution in [0.5, 0.6) is 0 Å². The first-order chi connectivity index (χ1) is 30.2. The van der Waals surface area contributed by atoms with Crippen molar-refractivity contribution in [2.24, 2.45) is 11.8 Å². The third kappa shape index (κ3) is 8.91. The van der Waals surface area contributed by atoms with E-state index in [1.54, 1.807) is 0 Å². The molecule has 4 atom stereocenters. The van der Waals surface area contributed by atoms with Gasteiger partial charge in [-0.05, 0) is 147 Å². The van der Waals surface area contributed by atoms with Crippen LogP contribution in [-0.4, -0.2) is 21.9 Å². The highest BCUT2D eigenvalue weighted by atomic mass is 32.1. The smallest absolute Gasteiger partial charge is 0.0557 e. The number of hydrogen-bond acceptors (Lipinski definition) is 3. The Morgan fingerprint density at radius 2 is 1.15 bits per heavy atom. The Morgan fingerprint density at radius 1 is 0.459 bits per heavy atom. The second-order valence-electron chi connectivity index (χ2n) is 17.4. The van der Waals surface area contributed by atoms with E-state index in [1.807, 2.05) is 11.3 Å². The van der Waals surface area contributed by atoms with Gasteiger partial charge < -0.3 is 9.80 Å². The maximum atomic E-state index is 2.67. The lowest BCUT2D eigenvalue weighted by Crippen LogP contribution is -2.34. The highest BCUT2D eigenvalue weighted by Gasteiger charge is 2.29. The molecule has 10 rings (SSSR count). The maximum Gasteiger partial charge on any atom is 0.0557 e. The first-order valence-corrected chi connectivity index (χ1v) is 23.8. The van der Waals surface area contributed by atoms with Crippen molar-refractivity contribution in [3.8, 4) is 10.4 Å². The van der Waals surface area contributed by atoms with E-state index >= 15 is 0 Å². The fourth-order valence-corrected chi connectivity index (χ4v) is 11.2. The number of rotatable bonds is 11. The van der Waals surface area contributed by atoms with Crippen LogP contribution in [0.4, 0.5) is 0 Å². The molecule has 2 nitrogen and oxygen atoms in total. The zero-order valence-electron chi connectivity index (χ0n) is 35.4. The topological polar surface area (TPSA) is 6.48 Å². The van der Waals surface area contributed by atoms with Crippen LogP contribution in [0.1, 0.15) is 81.9 Å². The fourth-order valence-electron chi connectivity index (χ4n) is 10.2. The molecule has 306 valence electrons. The molecule has 3 heteroatoms. The van der Waals surface area contributed by atoms with E-state index in [0.29, 0.717) is 23.9 Å². The van der Waals surface area contributed by atoms with Gasteiger partial charge in [-0.3, -0.25) is 0 Å². The summed E-state index contributed by atoms with van der Waals surface area (Å²) >= 11 is 1.89. The van der Waals surface area contributed by atoms with E-state index in [-0.39, 0.29) is 0 Å². The number of nitrogens with zero attached hydrogens (tertiary/aromatic N) is 2. The molecule has 8 aliphatic rings. The Hall–Kier alpha value is -5.64. The van der Waals surface area contributed by atoms with Crippen LogP contribution in [0, 0.1) is 11.8 Å². The standard InChI is InChI=1S/C58H58N2S/c1-5-13-43(14-6-1)45-21-31-53(32-22-45)60(54-33-23-46(24-34-54)44-15-7-2-8-16-44)55-37-27-48(28-38-55)47-25-35-52(36-26-47)59(51-19-11-4-12-20-51)56-39-29-50(30-40-56)58-42-41-57(61-58)49-17-9-3-10-18-49/h1,3,5-7,9-11,13,15-23,25,27,29-31,33-35,37,39,41-43,46,53,56H,2,4,8,12,14,24,26,28,32,36,38,40H2. The SMILES string of the molecule is C1=CCC(C2=CCC(N(C3=CCC(C4=CCCC=C4)C=C3)C3=CC=C(C4=CC=C(N(C5=CCCC=C5)C5C=CC(c6ccc(-c7ccccc7)s6)=CC5)CC4)CC3)C=C2)C=C1. The van der Waals surface area contributed by atoms with E-state index in [0.717, 1.165) is 64.2 Å². The van der Waals surface area contributed by atoms with Gasteiger partial charge in [0.1, 0.15) is 0 Å². The molecule has 8 aliphatic carbocycles. The van der Waals surface area contributed by atoms with Crippen LogP contribution in [0.15, 0.2) is 227 Å². The average Bonchev–Trinajstić information content (AvgIpc) is 3.85. The molecule has 0 radical (unpaired) electrons. The molecule has 0 spiro atoms. The van der Waals surface area contributed by atoms with Gasteiger partial charge in [0.05, 0.1) is 12.1 Å². The minimum atomic E-state index is 0.308. The molecule has 1 aromatic carbocycles. The molecule has 0 bridgehead atoms. The van der Waals surface area contributed by atoms with Crippen molar-refractivity contribution in [1.29, 1.82) is 0 Å². The maximum absolute atomic E-state index is 2.67. The van der Waals surface area contributed by atoms with E-state index in [9.17, 15) is 0 Å². The molecule has 0 aliphatic heterocycles. The summed E-state index contributed by atoms with van der Waals surface area (Å²) in [5.41, 5.74) is 14.2. The molecule has 0 fully saturated rings. The third-order valence-electron chi connectivity index (χ3n) is 13.6. The monoisotopic (exact) mass is 814 g/mol. The largest absolute Gasteiger partial charge is 0.338 e. The number of allylic oxidation sites excluding steroid dienone is 26. The average molecular weight is 815 g/mol. The van der Waals surface area contributed by atoms with Gasteiger partial charge in [-0.25, -0.2) is 0 Å². The second kappa shape index (κ2) is 18.5. The third-order valence-corrected chi connectivity index (χ3v) is 14.7. The summed E-state index contributed by atoms with van der Waals surface area (Å²) < 4.78 is 0. The molecule has 0 amide bonds. The molecular formula is C58H58N2S. The molecule has 1 aromatic heterocycles. The van der Waals surface area contributed by atoms with Crippen LogP contribution in [0.2, 0.25) is 0 Å². The summed E-state index contributed by atoms with van der Waals surface area (Å²) in [7, 11) is 0. The van der Waals surface area contributed by atoms with Gasteiger partial charge in [-0.2, -0.15) is 0 Å². The van der Waals surface area contributed by atoms with Crippen molar-refractivity contribution in [3.63, 3.8) is 0 Å². The molecule has 0 saturated carbocycles. The number of benzene rings is 1. The predicted molar refractivity (Wildman–Crippen MR) is 260 cm³/mol. The van der Waals surface area contributed by atoms with Crippen molar-refractivity contribution in [2.75, 3.05) is 0 Å². The van der Waals surface area contributed by atoms with Crippen LogP contribution < -0.4 is 0 Å². The minimum absolute atomic E-state index is 0.308. The summed E-state index contributed by atoms with van der Waals surface area (Å²) in [6.45, 7) is 0. The van der Waals surface area contributed by atoms with Crippen LogP contribution in [0.3, 0.4) is 0 Å². The molecule has 0 N–H and O–H groups in total. The van der Waals surface area contributed by atoms with E-state index in [4.69, 9.17) is 0 Å². The van der Waals surface area contributed by atoms with Gasteiger partial charge in [0.25, 0.3) is 0 Å². The summed E-state index contributed by atoms with van der Waals surface area (Å²) in [5, 5.41) is 0. The Labute approximate surface area is 368 Å². The van der Waals surface area contributed by atoms with Crippen molar-refractivity contribution < 1.29 is 0 Å². The van der Waals surface area contributed by atoms with Crippen LogP contribution in [0.25, 0.3) is 16.0 Å². The van der Waals surface area contributed by atoms with Gasteiger partial charge in [0.15, 0.2) is 0 Å². The van der Waals surface area contributed by atoms with Gasteiger partial charge in [0, 0.05) is 44.4 Å². The Kier molecular flexibility index (Phi) is 12.0. The van der Waals surface area contributed by atoms with Crippen LogP contribution in [-0.2, 0) is 0 Å². The number of hydrogen-bond donors (Lipinski definition) is 0. The first-order valence-electron chi connectivity index (χ1n) is 23.0. The summed E-state index contributed by atoms with van der Waals surface area (Å²) in [6, 6.07) is 15.9. The van der Waals surface area contributed by atoms with Crippen molar-refractivity contribution in [2.45, 2.75) is 89.1 Å². The highest BCUT2D eigenvalue weighted by Crippen LogP contribution is 2.41. The van der Waals surface area contributed by atoms with Gasteiger partial charge in [-0.1, -0.05) is 146 Å². The fraction of sp³-hybridized carbons (Fsp3) is 0.276. The van der Waals surface area contributed by atoms with Gasteiger partial charge in [0.2, 0.25) is 0 Å². The van der Waals surface area contributed by atoms with Gasteiger partial charge >= 0.3 is 0 Å². The van der Waals surface area contributed by atoms with Crippen molar-refractivity contribution >= 4 is 16.9 Å². The zero-order chi connectivity index (χ0) is 40.8. The Bertz CT molecular complexity index is 2500. The van der Waals surface area contributed by atoms with Crippen LogP contribution >= 0.6 is 11.3 Å². The Balaban J connectivity index is 0.865. The minimum Gasteiger partial charge on any atom is -0.338 e. The highest BCUT2D eigenvalue weighted by molar-refractivity contribution is 7.16. The first kappa shape index (κ1) is 39.5. The molecule has 1 heterocycles. The summed E-state index contributed by atoms with van der Waals surface area (Å²) in [4.78, 5) is 7.98. The van der Waals surface area contributed by atoms with Gasteiger partial charge in [-0.15, -0.1) is 11.3 Å². The van der Waals surface area contributed by atoms with Crippen molar-refractivity contribution in [3.05, 3.63) is 232 Å². The lowest BCUT2D eigenvalue weighted by Gasteiger charge is -2.39. The lowest BCUT2D eigenvalue weighted by molar-refractivity contribution is 0.351. The second-order valence-corrected chi connectivity index (χ2v) is 18.5. The predicted octanol–water partition coefficient (Wildman–Crippen LogP) is 15.3. The number of thiophene rings is 1. The quantitative estimate of drug-likeness (QED) is 0.223. The molecule has 2 aromatic rings. The normalized spacial score (nSPS) is 25.7. The summed E-state index contributed by atoms with van der Waals surface area (Å²) in [6.07, 6.45) is 68.2. The zero-order valence-corrected chi connectivity index (χ0v) is 36.2. The lowest BCUT2D eigenvalue weighted by atomic mass is 9.85. The summed E-state index contributed by atoms with van der Waals surface area (Å²) in [5.74, 6) is 0.978. The molecule has 0 saturated heterocycles.